The quantitative estimate of drug-likeness (QED) is 0.577. The predicted octanol–water partition coefficient (Wildman–Crippen LogP) is 0.750. The number of carbonyl (C=O) groups excluding carboxylic acids is 2. The minimum Gasteiger partial charge on any atom is -0.317 e. The molecule has 16 heavy (non-hydrogen) atoms. The number of hydrogen-bond acceptors (Lipinski definition) is 3. The van der Waals surface area contributed by atoms with E-state index in [1.165, 1.54) is 25.3 Å². The molecular formula is C10H11FN2O3. The second-order valence-electron chi connectivity index (χ2n) is 3.05. The van der Waals surface area contributed by atoms with Crippen molar-refractivity contribution in [3.63, 3.8) is 0 Å². The molecular weight excluding hydrogens is 215 g/mol. The summed E-state index contributed by atoms with van der Waals surface area (Å²) in [5, 5.41) is 2.32. The molecule has 0 bridgehead atoms. The molecule has 0 aromatic heterocycles. The van der Waals surface area contributed by atoms with Gasteiger partial charge in [0.1, 0.15) is 5.82 Å². The van der Waals surface area contributed by atoms with E-state index >= 15 is 0 Å². The van der Waals surface area contributed by atoms with Crippen LogP contribution in [0.1, 0.15) is 5.56 Å². The Balaban J connectivity index is 2.73. The first-order chi connectivity index (χ1) is 7.54. The van der Waals surface area contributed by atoms with Crippen LogP contribution in [-0.2, 0) is 14.4 Å². The molecule has 0 radical (unpaired) electrons. The lowest BCUT2D eigenvalue weighted by Crippen LogP contribution is -2.34. The highest BCUT2D eigenvalue weighted by Crippen LogP contribution is 2.15. The summed E-state index contributed by atoms with van der Waals surface area (Å²) in [7, 11) is 1.22. The van der Waals surface area contributed by atoms with Gasteiger partial charge in [0, 0.05) is 5.69 Å². The first-order valence-corrected chi connectivity index (χ1v) is 4.45. The average molecular weight is 226 g/mol. The zero-order valence-electron chi connectivity index (χ0n) is 8.83. The fourth-order valence-electron chi connectivity index (χ4n) is 1.09. The van der Waals surface area contributed by atoms with Gasteiger partial charge in [0.2, 0.25) is 0 Å². The van der Waals surface area contributed by atoms with Crippen molar-refractivity contribution in [1.29, 1.82) is 0 Å². The van der Waals surface area contributed by atoms with Gasteiger partial charge in [0.15, 0.2) is 0 Å². The van der Waals surface area contributed by atoms with Crippen molar-refractivity contribution in [2.45, 2.75) is 6.92 Å². The molecule has 0 aliphatic rings. The molecule has 0 saturated heterocycles. The predicted molar refractivity (Wildman–Crippen MR) is 54.9 cm³/mol. The molecule has 0 spiro atoms. The lowest BCUT2D eigenvalue weighted by Gasteiger charge is -2.07. The fourth-order valence-corrected chi connectivity index (χ4v) is 1.09. The van der Waals surface area contributed by atoms with Crippen LogP contribution in [-0.4, -0.2) is 18.9 Å². The van der Waals surface area contributed by atoms with Gasteiger partial charge in [-0.25, -0.2) is 9.87 Å². The molecule has 0 aliphatic carbocycles. The number of halogens is 1. The van der Waals surface area contributed by atoms with Gasteiger partial charge in [-0.05, 0) is 30.7 Å². The Morgan fingerprint density at radius 1 is 1.31 bits per heavy atom. The van der Waals surface area contributed by atoms with E-state index in [2.05, 4.69) is 10.2 Å². The van der Waals surface area contributed by atoms with E-state index in [1.54, 1.807) is 6.92 Å². The number of hydrogen-bond donors (Lipinski definition) is 2. The van der Waals surface area contributed by atoms with Gasteiger partial charge in [-0.1, -0.05) is 0 Å². The SMILES string of the molecule is CONC(=O)C(=O)Nc1ccc(F)cc1C. The number of hydroxylamine groups is 1. The topological polar surface area (TPSA) is 67.4 Å². The smallest absolute Gasteiger partial charge is 0.317 e. The molecule has 1 aromatic rings. The zero-order chi connectivity index (χ0) is 12.1. The van der Waals surface area contributed by atoms with Gasteiger partial charge in [0.05, 0.1) is 7.11 Å². The Hall–Kier alpha value is -1.95. The highest BCUT2D eigenvalue weighted by Gasteiger charge is 2.14. The van der Waals surface area contributed by atoms with E-state index in [0.717, 1.165) is 0 Å². The summed E-state index contributed by atoms with van der Waals surface area (Å²) in [6.45, 7) is 1.62. The van der Waals surface area contributed by atoms with Gasteiger partial charge in [-0.2, -0.15) is 0 Å². The van der Waals surface area contributed by atoms with Crippen LogP contribution in [0.4, 0.5) is 10.1 Å². The third kappa shape index (κ3) is 3.03. The van der Waals surface area contributed by atoms with Crippen LogP contribution < -0.4 is 10.8 Å². The Labute approximate surface area is 91.5 Å². The molecule has 0 saturated carbocycles. The third-order valence-electron chi connectivity index (χ3n) is 1.84. The van der Waals surface area contributed by atoms with E-state index in [4.69, 9.17) is 0 Å². The molecule has 0 aliphatic heterocycles. The van der Waals surface area contributed by atoms with Gasteiger partial charge in [-0.3, -0.25) is 14.4 Å². The number of nitrogens with one attached hydrogen (secondary N) is 2. The summed E-state index contributed by atoms with van der Waals surface area (Å²) >= 11 is 0. The number of aryl methyl sites for hydroxylation is 1. The minimum atomic E-state index is -0.925. The number of rotatable bonds is 2. The second kappa shape index (κ2) is 5.22. The van der Waals surface area contributed by atoms with Crippen LogP contribution in [0.3, 0.4) is 0 Å². The summed E-state index contributed by atoms with van der Waals surface area (Å²) in [6, 6.07) is 3.82. The van der Waals surface area contributed by atoms with Crippen LogP contribution in [0.5, 0.6) is 0 Å². The van der Waals surface area contributed by atoms with E-state index < -0.39 is 17.6 Å². The van der Waals surface area contributed by atoms with E-state index in [9.17, 15) is 14.0 Å². The summed E-state index contributed by atoms with van der Waals surface area (Å²) in [5.74, 6) is -2.21. The van der Waals surface area contributed by atoms with Gasteiger partial charge < -0.3 is 5.32 Å². The maximum atomic E-state index is 12.8. The largest absolute Gasteiger partial charge is 0.333 e. The second-order valence-corrected chi connectivity index (χ2v) is 3.05. The lowest BCUT2D eigenvalue weighted by molar-refractivity contribution is -0.142. The monoisotopic (exact) mass is 226 g/mol. The summed E-state index contributed by atoms with van der Waals surface area (Å²) in [5.41, 5.74) is 2.77. The average Bonchev–Trinajstić information content (AvgIpc) is 2.22. The summed E-state index contributed by atoms with van der Waals surface area (Å²) < 4.78 is 12.8. The summed E-state index contributed by atoms with van der Waals surface area (Å²) in [4.78, 5) is 26.5. The molecule has 2 amide bonds. The molecule has 2 N–H and O–H groups in total. The Morgan fingerprint density at radius 2 is 2.00 bits per heavy atom. The third-order valence-corrected chi connectivity index (χ3v) is 1.84. The molecule has 6 heteroatoms. The van der Waals surface area contributed by atoms with Gasteiger partial charge in [-0.15, -0.1) is 0 Å². The molecule has 1 rings (SSSR count). The molecule has 86 valence electrons. The first-order valence-electron chi connectivity index (χ1n) is 4.45. The van der Waals surface area contributed by atoms with Crippen LogP contribution in [0.25, 0.3) is 0 Å². The molecule has 0 fully saturated rings. The maximum Gasteiger partial charge on any atom is 0.333 e. The van der Waals surface area contributed by atoms with Gasteiger partial charge >= 0.3 is 11.8 Å². The van der Waals surface area contributed by atoms with Gasteiger partial charge in [0.25, 0.3) is 0 Å². The van der Waals surface area contributed by atoms with E-state index in [1.807, 2.05) is 5.48 Å². The number of carbonyl (C=O) groups is 2. The molecule has 0 unspecified atom stereocenters. The molecule has 0 atom stereocenters. The van der Waals surface area contributed by atoms with Crippen molar-refractivity contribution in [3.8, 4) is 0 Å². The van der Waals surface area contributed by atoms with Crippen LogP contribution in [0.2, 0.25) is 0 Å². The van der Waals surface area contributed by atoms with Crippen LogP contribution >= 0.6 is 0 Å². The van der Waals surface area contributed by atoms with Crippen molar-refractivity contribution in [2.24, 2.45) is 0 Å². The summed E-state index contributed by atoms with van der Waals surface area (Å²) in [6.07, 6.45) is 0. The molecule has 1 aromatic carbocycles. The van der Waals surface area contributed by atoms with Crippen molar-refractivity contribution < 1.29 is 18.8 Å². The highest BCUT2D eigenvalue weighted by atomic mass is 19.1. The van der Waals surface area contributed by atoms with E-state index in [-0.39, 0.29) is 0 Å². The standard InChI is InChI=1S/C10H11FN2O3/c1-6-5-7(11)3-4-8(6)12-9(14)10(15)13-16-2/h3-5H,1-2H3,(H,12,14)(H,13,15). The number of anilines is 1. The Kier molecular flexibility index (Phi) is 3.96. The van der Waals surface area contributed by atoms with E-state index in [0.29, 0.717) is 11.3 Å². The maximum absolute atomic E-state index is 12.8. The van der Waals surface area contributed by atoms with Crippen LogP contribution in [0.15, 0.2) is 18.2 Å². The molecule has 5 nitrogen and oxygen atoms in total. The van der Waals surface area contributed by atoms with Crippen molar-refractivity contribution in [1.82, 2.24) is 5.48 Å². The zero-order valence-corrected chi connectivity index (χ0v) is 8.83. The lowest BCUT2D eigenvalue weighted by atomic mass is 10.2. The molecule has 0 heterocycles. The minimum absolute atomic E-state index is 0.373. The number of benzene rings is 1. The first kappa shape index (κ1) is 12.1. The van der Waals surface area contributed by atoms with Crippen molar-refractivity contribution in [2.75, 3.05) is 12.4 Å². The normalized spacial score (nSPS) is 9.69. The Bertz CT molecular complexity index is 421. The van der Waals surface area contributed by atoms with Crippen LogP contribution in [0, 0.1) is 12.7 Å². The van der Waals surface area contributed by atoms with Crippen molar-refractivity contribution in [3.05, 3.63) is 29.6 Å². The van der Waals surface area contributed by atoms with Crippen molar-refractivity contribution >= 4 is 17.5 Å². The number of amides is 2. The fraction of sp³-hybridized carbons (Fsp3) is 0.200. The highest BCUT2D eigenvalue weighted by molar-refractivity contribution is 6.39. The Morgan fingerprint density at radius 3 is 2.56 bits per heavy atom.